The lowest BCUT2D eigenvalue weighted by Gasteiger charge is -2.44. The molecule has 4 aromatic rings. The van der Waals surface area contributed by atoms with Crippen molar-refractivity contribution >= 4 is 41.0 Å². The molecule has 2 bridgehead atoms. The summed E-state index contributed by atoms with van der Waals surface area (Å²) in [5.41, 5.74) is 2.39. The van der Waals surface area contributed by atoms with Gasteiger partial charge in [-0.25, -0.2) is 19.0 Å². The highest BCUT2D eigenvalue weighted by Crippen LogP contribution is 2.38. The zero-order chi connectivity index (χ0) is 36.9. The number of methoxy groups -OCH3 is 1. The van der Waals surface area contributed by atoms with Gasteiger partial charge in [-0.1, -0.05) is 53.5 Å². The van der Waals surface area contributed by atoms with E-state index in [1.165, 1.54) is 11.0 Å². The number of piperidine rings is 3. The molecule has 2 atom stereocenters. The predicted molar refractivity (Wildman–Crippen MR) is 199 cm³/mol. The van der Waals surface area contributed by atoms with Crippen molar-refractivity contribution in [2.75, 3.05) is 31.6 Å². The minimum Gasteiger partial charge on any atom is -0.493 e. The van der Waals surface area contributed by atoms with Crippen LogP contribution >= 0.6 is 23.2 Å². The number of benzene rings is 3. The summed E-state index contributed by atoms with van der Waals surface area (Å²) in [5, 5.41) is 0.815. The van der Waals surface area contributed by atoms with E-state index >= 15 is 4.39 Å². The fraction of sp³-hybridized carbons (Fsp3) is 0.390. The standard InChI is InChI=1S/C41H42Cl2FN3O6/c1-50-36-15-14-29(20-38(36)51-30-6-2-3-7-30)37(21-31-32(42)22-45-23-33(31)43)52-40(48)28-12-10-26(11-13-28)24-47(35-9-5-4-8-34(35)44)41(49)53-39-25-46-18-16-27(39)17-19-46/h4-5,8-15,20,22-23,27,30,37,39H,2-3,6-7,16-19,21,24-25H2,1H3/p+1/t37-,39-/m0/s1. The van der Waals surface area contributed by atoms with Crippen LogP contribution in [0, 0.1) is 11.7 Å². The highest BCUT2D eigenvalue weighted by atomic mass is 35.5. The molecule has 1 amide bonds. The molecule has 1 aromatic heterocycles. The molecule has 53 heavy (non-hydrogen) atoms. The number of fused-ring (bicyclic) bond motifs is 3. The van der Waals surface area contributed by atoms with Crippen LogP contribution < -0.4 is 19.4 Å². The summed E-state index contributed by atoms with van der Waals surface area (Å²) in [4.78, 5) is 34.0. The van der Waals surface area contributed by atoms with Crippen molar-refractivity contribution in [3.05, 3.63) is 117 Å². The Balaban J connectivity index is 1.11. The van der Waals surface area contributed by atoms with Crippen molar-refractivity contribution in [1.29, 1.82) is 0 Å². The van der Waals surface area contributed by atoms with Gasteiger partial charge in [0, 0.05) is 18.5 Å². The number of nitrogens with one attached hydrogen (secondary N) is 1. The third-order valence-electron chi connectivity index (χ3n) is 10.5. The Morgan fingerprint density at radius 2 is 1.66 bits per heavy atom. The Kier molecular flexibility index (Phi) is 11.7. The average Bonchev–Trinajstić information content (AvgIpc) is 3.69. The first-order valence-corrected chi connectivity index (χ1v) is 18.9. The van der Waals surface area contributed by atoms with Crippen molar-refractivity contribution in [2.45, 2.75) is 69.8 Å². The van der Waals surface area contributed by atoms with E-state index in [1.807, 2.05) is 12.1 Å². The number of esters is 1. The van der Waals surface area contributed by atoms with Gasteiger partial charge in [0.2, 0.25) is 0 Å². The first-order chi connectivity index (χ1) is 25.7. The van der Waals surface area contributed by atoms with Crippen LogP contribution in [0.3, 0.4) is 0 Å². The van der Waals surface area contributed by atoms with Gasteiger partial charge in [0.15, 0.2) is 23.9 Å². The van der Waals surface area contributed by atoms with E-state index in [2.05, 4.69) is 9.88 Å². The van der Waals surface area contributed by atoms with Crippen LogP contribution in [0.2, 0.25) is 10.0 Å². The number of anilines is 1. The molecule has 0 radical (unpaired) electrons. The molecule has 4 aliphatic rings. The summed E-state index contributed by atoms with van der Waals surface area (Å²) in [5.74, 6) is 0.364. The van der Waals surface area contributed by atoms with Crippen LogP contribution in [0.1, 0.15) is 71.7 Å². The molecule has 0 unspecified atom stereocenters. The Hall–Kier alpha value is -4.38. The minimum atomic E-state index is -0.783. The molecular formula is C41H43Cl2FN3O6+. The Bertz CT molecular complexity index is 1900. The van der Waals surface area contributed by atoms with Crippen molar-refractivity contribution in [3.63, 3.8) is 0 Å². The largest absolute Gasteiger partial charge is 0.493 e. The van der Waals surface area contributed by atoms with Gasteiger partial charge < -0.3 is 18.9 Å². The number of carbonyl (C=O) groups is 2. The Morgan fingerprint density at radius 1 is 0.943 bits per heavy atom. The van der Waals surface area contributed by atoms with Gasteiger partial charge in [0.1, 0.15) is 28.1 Å². The van der Waals surface area contributed by atoms with Crippen molar-refractivity contribution in [1.82, 2.24) is 4.90 Å². The number of hydrogen-bond donors (Lipinski definition) is 0. The Morgan fingerprint density at radius 3 is 2.32 bits per heavy atom. The molecular weight excluding hydrogens is 720 g/mol. The van der Waals surface area contributed by atoms with Crippen molar-refractivity contribution in [2.24, 2.45) is 5.92 Å². The van der Waals surface area contributed by atoms with Gasteiger partial charge in [-0.15, -0.1) is 0 Å². The number of rotatable bonds is 12. The van der Waals surface area contributed by atoms with E-state index in [0.717, 1.165) is 51.6 Å². The predicted octanol–water partition coefficient (Wildman–Crippen LogP) is 8.65. The van der Waals surface area contributed by atoms with Crippen LogP contribution in [0.4, 0.5) is 14.9 Å². The summed E-state index contributed by atoms with van der Waals surface area (Å²) >= 11 is 13.1. The molecule has 9 nitrogen and oxygen atoms in total. The summed E-state index contributed by atoms with van der Waals surface area (Å²) < 4.78 is 39.2. The van der Waals surface area contributed by atoms with Gasteiger partial charge in [-0.05, 0) is 105 Å². The second-order valence-electron chi connectivity index (χ2n) is 14.0. The molecule has 3 aliphatic heterocycles. The SMILES string of the molecule is COc1ccc([C@H](Cc2c(Cl)c[nH+]cc2Cl)OC(=O)c2ccc(CN(C(=O)O[C@H]3CN4CCC3CC4)c3ccccc3F)cc2)cc1OC1CCCC1. The van der Waals surface area contributed by atoms with Crippen LogP contribution in [0.25, 0.3) is 0 Å². The van der Waals surface area contributed by atoms with E-state index < -0.39 is 24.0 Å². The Labute approximate surface area is 318 Å². The zero-order valence-electron chi connectivity index (χ0n) is 29.6. The number of aromatic nitrogens is 1. The number of H-pyrrole nitrogens is 1. The number of nitrogens with zero attached hydrogens (tertiary/aromatic N) is 2. The van der Waals surface area contributed by atoms with E-state index in [0.29, 0.717) is 56.3 Å². The molecule has 4 fully saturated rings. The van der Waals surface area contributed by atoms with Gasteiger partial charge in [-0.3, -0.25) is 9.80 Å². The maximum absolute atomic E-state index is 15.1. The topological polar surface area (TPSA) is 91.7 Å². The maximum Gasteiger partial charge on any atom is 0.415 e. The number of aromatic amines is 1. The lowest BCUT2D eigenvalue weighted by atomic mass is 9.86. The molecule has 1 N–H and O–H groups in total. The molecule has 8 rings (SSSR count). The van der Waals surface area contributed by atoms with E-state index in [9.17, 15) is 9.59 Å². The van der Waals surface area contributed by atoms with Crippen LogP contribution in [-0.2, 0) is 22.4 Å². The molecule has 1 saturated carbocycles. The number of pyridine rings is 1. The lowest BCUT2D eigenvalue weighted by molar-refractivity contribution is -0.377. The van der Waals surface area contributed by atoms with Gasteiger partial charge >= 0.3 is 12.1 Å². The second kappa shape index (κ2) is 16.7. The highest BCUT2D eigenvalue weighted by molar-refractivity contribution is 6.35. The summed E-state index contributed by atoms with van der Waals surface area (Å²) in [7, 11) is 1.59. The number of para-hydroxylation sites is 1. The fourth-order valence-electron chi connectivity index (χ4n) is 7.54. The molecule has 12 heteroatoms. The average molecular weight is 764 g/mol. The van der Waals surface area contributed by atoms with Gasteiger partial charge in [-0.2, -0.15) is 0 Å². The number of ether oxygens (including phenoxy) is 4. The van der Waals surface area contributed by atoms with E-state index in [1.54, 1.807) is 68.0 Å². The number of hydrogen-bond acceptors (Lipinski definition) is 7. The molecule has 3 aromatic carbocycles. The van der Waals surface area contributed by atoms with Crippen LogP contribution in [-0.4, -0.2) is 55.9 Å². The molecule has 3 saturated heterocycles. The quantitative estimate of drug-likeness (QED) is 0.134. The third-order valence-corrected chi connectivity index (χ3v) is 11.2. The van der Waals surface area contributed by atoms with Gasteiger partial charge in [0.05, 0.1) is 31.0 Å². The number of amides is 1. The van der Waals surface area contributed by atoms with Crippen molar-refractivity contribution in [3.8, 4) is 11.5 Å². The lowest BCUT2D eigenvalue weighted by Crippen LogP contribution is -2.53. The highest BCUT2D eigenvalue weighted by Gasteiger charge is 2.38. The van der Waals surface area contributed by atoms with Crippen molar-refractivity contribution < 1.29 is 37.9 Å². The van der Waals surface area contributed by atoms with Crippen LogP contribution in [0.15, 0.2) is 79.1 Å². The number of halogens is 3. The summed E-state index contributed by atoms with van der Waals surface area (Å²) in [6.45, 7) is 2.74. The first kappa shape index (κ1) is 37.0. The third kappa shape index (κ3) is 8.72. The van der Waals surface area contributed by atoms with E-state index in [-0.39, 0.29) is 30.9 Å². The minimum absolute atomic E-state index is 0.0382. The molecule has 0 spiro atoms. The normalized spacial score (nSPS) is 20.1. The first-order valence-electron chi connectivity index (χ1n) is 18.2. The second-order valence-corrected chi connectivity index (χ2v) is 14.8. The summed E-state index contributed by atoms with van der Waals surface area (Å²) in [6.07, 6.45) is 8.02. The summed E-state index contributed by atoms with van der Waals surface area (Å²) in [6, 6.07) is 18.4. The number of carbonyl (C=O) groups excluding carboxylic acids is 2. The van der Waals surface area contributed by atoms with E-state index in [4.69, 9.17) is 42.1 Å². The monoisotopic (exact) mass is 762 g/mol. The zero-order valence-corrected chi connectivity index (χ0v) is 31.1. The van der Waals surface area contributed by atoms with Crippen LogP contribution in [0.5, 0.6) is 11.5 Å². The molecule has 4 heterocycles. The maximum atomic E-state index is 15.1. The molecule has 278 valence electrons. The smallest absolute Gasteiger partial charge is 0.415 e. The molecule has 1 aliphatic carbocycles. The fourth-order valence-corrected chi connectivity index (χ4v) is 8.07. The van der Waals surface area contributed by atoms with Gasteiger partial charge in [0.25, 0.3) is 0 Å².